The molecule has 6 unspecified atom stereocenters. The van der Waals surface area contributed by atoms with Gasteiger partial charge < -0.3 is 9.47 Å². The number of hydrogen-bond acceptors (Lipinski definition) is 4. The minimum absolute atomic E-state index is 0.0667. The number of fused-ring (bicyclic) bond motifs is 1. The minimum atomic E-state index is -1.59. The van der Waals surface area contributed by atoms with E-state index < -0.39 is 12.1 Å². The minimum Gasteiger partial charge on any atom is -0.463 e. The fraction of sp³-hybridized carbons (Fsp3) is 0.833. The molecule has 3 fully saturated rings. The molecular formula is C12H15FO4. The quantitative estimate of drug-likeness (QED) is 0.695. The third kappa shape index (κ3) is 1.55. The summed E-state index contributed by atoms with van der Waals surface area (Å²) >= 11 is 0. The van der Waals surface area contributed by atoms with Crippen LogP contribution in [0.25, 0.3) is 0 Å². The van der Waals surface area contributed by atoms with Gasteiger partial charge >= 0.3 is 11.9 Å². The lowest BCUT2D eigenvalue weighted by Gasteiger charge is -2.24. The summed E-state index contributed by atoms with van der Waals surface area (Å²) in [4.78, 5) is 22.6. The van der Waals surface area contributed by atoms with Gasteiger partial charge in [0.25, 0.3) is 0 Å². The van der Waals surface area contributed by atoms with Crippen molar-refractivity contribution in [1.29, 1.82) is 0 Å². The van der Waals surface area contributed by atoms with Gasteiger partial charge in [-0.3, -0.25) is 4.79 Å². The molecule has 0 N–H and O–H groups in total. The van der Waals surface area contributed by atoms with E-state index in [1.165, 1.54) is 0 Å². The maximum Gasteiger partial charge on any atom is 0.340 e. The SMILES string of the molecule is CC(F)C(=O)OCC1C2CC3C(=O)OC1C3C2. The van der Waals surface area contributed by atoms with Gasteiger partial charge in [0.1, 0.15) is 6.10 Å². The molecule has 5 heteroatoms. The number of ether oxygens (including phenoxy) is 2. The molecule has 0 radical (unpaired) electrons. The van der Waals surface area contributed by atoms with Crippen LogP contribution in [0, 0.1) is 23.7 Å². The van der Waals surface area contributed by atoms with Crippen molar-refractivity contribution in [3.8, 4) is 0 Å². The third-order valence-electron chi connectivity index (χ3n) is 4.40. The van der Waals surface area contributed by atoms with Crippen LogP contribution in [0.2, 0.25) is 0 Å². The largest absolute Gasteiger partial charge is 0.463 e. The van der Waals surface area contributed by atoms with Crippen molar-refractivity contribution < 1.29 is 23.5 Å². The molecule has 1 aliphatic heterocycles. The average molecular weight is 242 g/mol. The second-order valence-electron chi connectivity index (χ2n) is 5.31. The third-order valence-corrected chi connectivity index (χ3v) is 4.40. The molecule has 17 heavy (non-hydrogen) atoms. The Morgan fingerprint density at radius 2 is 2.35 bits per heavy atom. The molecule has 2 aliphatic carbocycles. The topological polar surface area (TPSA) is 52.6 Å². The highest BCUT2D eigenvalue weighted by molar-refractivity contribution is 5.76. The Bertz CT molecular complexity index is 368. The van der Waals surface area contributed by atoms with Crippen LogP contribution in [0.3, 0.4) is 0 Å². The molecule has 1 heterocycles. The fourth-order valence-corrected chi connectivity index (χ4v) is 3.60. The fourth-order valence-electron chi connectivity index (χ4n) is 3.60. The molecule has 0 amide bonds. The van der Waals surface area contributed by atoms with Crippen LogP contribution in [0.5, 0.6) is 0 Å². The van der Waals surface area contributed by atoms with E-state index >= 15 is 0 Å². The Hall–Kier alpha value is -1.13. The lowest BCUT2D eigenvalue weighted by Crippen LogP contribution is -2.32. The van der Waals surface area contributed by atoms with Crippen LogP contribution in [0.1, 0.15) is 19.8 Å². The predicted molar refractivity (Wildman–Crippen MR) is 54.6 cm³/mol. The van der Waals surface area contributed by atoms with Gasteiger partial charge in [0.15, 0.2) is 6.17 Å². The van der Waals surface area contributed by atoms with Crippen LogP contribution in [-0.4, -0.2) is 30.8 Å². The highest BCUT2D eigenvalue weighted by atomic mass is 19.1. The zero-order valence-electron chi connectivity index (χ0n) is 9.60. The van der Waals surface area contributed by atoms with Gasteiger partial charge in [0.05, 0.1) is 12.5 Å². The van der Waals surface area contributed by atoms with Crippen molar-refractivity contribution in [1.82, 2.24) is 0 Å². The normalized spacial score (nSPS) is 43.6. The summed E-state index contributed by atoms with van der Waals surface area (Å²) in [6.07, 6.45) is 0.128. The number of carbonyl (C=O) groups excluding carboxylic acids is 2. The predicted octanol–water partition coefficient (Wildman–Crippen LogP) is 1.09. The van der Waals surface area contributed by atoms with Gasteiger partial charge in [-0.2, -0.15) is 0 Å². The van der Waals surface area contributed by atoms with E-state index in [1.54, 1.807) is 0 Å². The van der Waals surface area contributed by atoms with Gasteiger partial charge in [-0.1, -0.05) is 0 Å². The summed E-state index contributed by atoms with van der Waals surface area (Å²) in [5.74, 6) is -0.0885. The maximum absolute atomic E-state index is 12.6. The number of rotatable bonds is 3. The van der Waals surface area contributed by atoms with Crippen LogP contribution >= 0.6 is 0 Å². The molecule has 1 saturated heterocycles. The van der Waals surface area contributed by atoms with Crippen LogP contribution < -0.4 is 0 Å². The Morgan fingerprint density at radius 1 is 1.59 bits per heavy atom. The molecule has 2 bridgehead atoms. The van der Waals surface area contributed by atoms with E-state index in [1.807, 2.05) is 0 Å². The average Bonchev–Trinajstić information content (AvgIpc) is 2.87. The van der Waals surface area contributed by atoms with Gasteiger partial charge in [0.2, 0.25) is 0 Å². The molecule has 0 aromatic heterocycles. The first-order valence-electron chi connectivity index (χ1n) is 6.09. The first kappa shape index (κ1) is 11.0. The molecule has 4 nitrogen and oxygen atoms in total. The van der Waals surface area contributed by atoms with Crippen molar-refractivity contribution in [3.05, 3.63) is 0 Å². The number of hydrogen-bond donors (Lipinski definition) is 0. The Labute approximate surface area is 98.5 Å². The van der Waals surface area contributed by atoms with E-state index in [-0.39, 0.29) is 30.5 Å². The smallest absolute Gasteiger partial charge is 0.340 e. The molecule has 3 aliphatic rings. The monoisotopic (exact) mass is 242 g/mol. The van der Waals surface area contributed by atoms with Crippen LogP contribution in [0.15, 0.2) is 0 Å². The van der Waals surface area contributed by atoms with E-state index in [9.17, 15) is 14.0 Å². The lowest BCUT2D eigenvalue weighted by atomic mass is 9.83. The molecule has 94 valence electrons. The van der Waals surface area contributed by atoms with Crippen molar-refractivity contribution in [2.75, 3.05) is 6.61 Å². The lowest BCUT2D eigenvalue weighted by molar-refractivity contribution is -0.153. The van der Waals surface area contributed by atoms with Gasteiger partial charge in [-0.15, -0.1) is 0 Å². The molecule has 6 atom stereocenters. The zero-order valence-corrected chi connectivity index (χ0v) is 9.60. The first-order valence-corrected chi connectivity index (χ1v) is 6.09. The molecule has 0 spiro atoms. The molecule has 0 aromatic rings. The standard InChI is InChI=1S/C12H15FO4/c1-5(13)11(14)16-4-9-6-2-7-8(3-6)12(15)17-10(7)9/h5-10H,2-4H2,1H3. The summed E-state index contributed by atoms with van der Waals surface area (Å²) in [7, 11) is 0. The second-order valence-corrected chi connectivity index (χ2v) is 5.31. The van der Waals surface area contributed by atoms with E-state index in [4.69, 9.17) is 9.47 Å². The number of carbonyl (C=O) groups is 2. The molecule has 0 aromatic carbocycles. The van der Waals surface area contributed by atoms with Crippen molar-refractivity contribution in [2.45, 2.75) is 32.0 Å². The highest BCUT2D eigenvalue weighted by Crippen LogP contribution is 2.57. The maximum atomic E-state index is 12.6. The summed E-state index contributed by atoms with van der Waals surface area (Å²) in [5.41, 5.74) is 0. The molecule has 3 rings (SSSR count). The van der Waals surface area contributed by atoms with E-state index in [2.05, 4.69) is 0 Å². The van der Waals surface area contributed by atoms with Crippen molar-refractivity contribution in [2.24, 2.45) is 23.7 Å². The second kappa shape index (κ2) is 3.68. The Morgan fingerprint density at radius 3 is 3.06 bits per heavy atom. The summed E-state index contributed by atoms with van der Waals surface area (Å²) in [6, 6.07) is 0. The summed E-state index contributed by atoms with van der Waals surface area (Å²) in [5, 5.41) is 0. The molecule has 2 saturated carbocycles. The first-order chi connectivity index (χ1) is 8.08. The summed E-state index contributed by atoms with van der Waals surface area (Å²) < 4.78 is 22.9. The Kier molecular flexibility index (Phi) is 2.38. The zero-order chi connectivity index (χ0) is 12.2. The summed E-state index contributed by atoms with van der Waals surface area (Å²) in [6.45, 7) is 1.34. The number of halogens is 1. The van der Waals surface area contributed by atoms with Crippen LogP contribution in [-0.2, 0) is 19.1 Å². The van der Waals surface area contributed by atoms with E-state index in [0.29, 0.717) is 11.8 Å². The van der Waals surface area contributed by atoms with Crippen LogP contribution in [0.4, 0.5) is 4.39 Å². The molecular weight excluding hydrogens is 227 g/mol. The van der Waals surface area contributed by atoms with Gasteiger partial charge in [0, 0.05) is 11.8 Å². The number of esters is 2. The Balaban J connectivity index is 1.63. The van der Waals surface area contributed by atoms with Gasteiger partial charge in [-0.05, 0) is 25.7 Å². The van der Waals surface area contributed by atoms with Crippen molar-refractivity contribution in [3.63, 3.8) is 0 Å². The highest BCUT2D eigenvalue weighted by Gasteiger charge is 2.61. The van der Waals surface area contributed by atoms with Crippen molar-refractivity contribution >= 4 is 11.9 Å². The van der Waals surface area contributed by atoms with Gasteiger partial charge in [-0.25, -0.2) is 9.18 Å². The number of alkyl halides is 1. The van der Waals surface area contributed by atoms with E-state index in [0.717, 1.165) is 19.8 Å².